The van der Waals surface area contributed by atoms with Gasteiger partial charge in [0.15, 0.2) is 5.69 Å². The number of hydrogen-bond donors (Lipinski definition) is 2. The number of aromatic amines is 1. The van der Waals surface area contributed by atoms with Crippen LogP contribution in [0.1, 0.15) is 31.3 Å². The number of anilines is 1. The van der Waals surface area contributed by atoms with Crippen LogP contribution in [-0.4, -0.2) is 34.1 Å². The Hall–Kier alpha value is -2.04. The van der Waals surface area contributed by atoms with Gasteiger partial charge in [-0.25, -0.2) is 0 Å². The van der Waals surface area contributed by atoms with Crippen molar-refractivity contribution in [1.29, 1.82) is 0 Å². The molecule has 0 spiro atoms. The molecule has 0 radical (unpaired) electrons. The smallest absolute Gasteiger partial charge is 0.274 e. The van der Waals surface area contributed by atoms with E-state index in [1.807, 2.05) is 17.9 Å². The second-order valence-electron chi connectivity index (χ2n) is 5.11. The quantitative estimate of drug-likeness (QED) is 0.828. The van der Waals surface area contributed by atoms with Crippen molar-refractivity contribution in [2.45, 2.75) is 20.8 Å². The molecule has 0 fully saturated rings. The molecule has 2 aromatic rings. The first-order valence-corrected chi connectivity index (χ1v) is 6.55. The summed E-state index contributed by atoms with van der Waals surface area (Å²) in [6.07, 6.45) is 0. The molecular formula is C14H20N4O. The van der Waals surface area contributed by atoms with Crippen molar-refractivity contribution in [2.24, 2.45) is 5.92 Å². The van der Waals surface area contributed by atoms with Crippen LogP contribution in [0.2, 0.25) is 0 Å². The summed E-state index contributed by atoms with van der Waals surface area (Å²) >= 11 is 0. The molecule has 1 heterocycles. The zero-order chi connectivity index (χ0) is 14.0. The number of nitrogen functional groups attached to an aromatic ring is 1. The van der Waals surface area contributed by atoms with E-state index in [1.165, 1.54) is 0 Å². The van der Waals surface area contributed by atoms with Crippen molar-refractivity contribution in [1.82, 2.24) is 15.1 Å². The molecule has 3 N–H and O–H groups in total. The number of carbonyl (C=O) groups is 1. The number of fused-ring (bicyclic) bond motifs is 1. The Morgan fingerprint density at radius 3 is 2.84 bits per heavy atom. The van der Waals surface area contributed by atoms with Gasteiger partial charge in [0.2, 0.25) is 0 Å². The molecule has 0 saturated heterocycles. The molecule has 102 valence electrons. The van der Waals surface area contributed by atoms with Crippen LogP contribution in [0.5, 0.6) is 0 Å². The maximum atomic E-state index is 12.5. The molecule has 0 bridgehead atoms. The number of nitrogens with one attached hydrogen (secondary N) is 1. The lowest BCUT2D eigenvalue weighted by molar-refractivity contribution is 0.0742. The normalized spacial score (nSPS) is 11.2. The fourth-order valence-corrected chi connectivity index (χ4v) is 2.14. The summed E-state index contributed by atoms with van der Waals surface area (Å²) in [5, 5.41) is 7.80. The molecule has 0 saturated carbocycles. The van der Waals surface area contributed by atoms with Gasteiger partial charge in [-0.1, -0.05) is 13.8 Å². The van der Waals surface area contributed by atoms with Crippen LogP contribution in [-0.2, 0) is 0 Å². The van der Waals surface area contributed by atoms with Gasteiger partial charge in [0.05, 0.1) is 5.52 Å². The largest absolute Gasteiger partial charge is 0.399 e. The standard InChI is InChI=1S/C14H20N4O/c1-4-18(8-9(2)3)14(19)13-11-7-10(15)5-6-12(11)16-17-13/h5-7,9H,4,8,15H2,1-3H3,(H,16,17). The van der Waals surface area contributed by atoms with Crippen LogP contribution in [0.15, 0.2) is 18.2 Å². The zero-order valence-corrected chi connectivity index (χ0v) is 11.6. The molecule has 0 aliphatic rings. The highest BCUT2D eigenvalue weighted by atomic mass is 16.2. The van der Waals surface area contributed by atoms with Gasteiger partial charge < -0.3 is 10.6 Å². The summed E-state index contributed by atoms with van der Waals surface area (Å²) in [6, 6.07) is 5.42. The van der Waals surface area contributed by atoms with Gasteiger partial charge in [-0.05, 0) is 31.0 Å². The summed E-state index contributed by atoms with van der Waals surface area (Å²) < 4.78 is 0. The van der Waals surface area contributed by atoms with E-state index < -0.39 is 0 Å². The van der Waals surface area contributed by atoms with Gasteiger partial charge in [0.1, 0.15) is 0 Å². The van der Waals surface area contributed by atoms with Crippen molar-refractivity contribution in [3.8, 4) is 0 Å². The number of hydrogen-bond acceptors (Lipinski definition) is 3. The Morgan fingerprint density at radius 1 is 1.47 bits per heavy atom. The molecule has 0 atom stereocenters. The fraction of sp³-hybridized carbons (Fsp3) is 0.429. The van der Waals surface area contributed by atoms with Crippen LogP contribution < -0.4 is 5.73 Å². The Morgan fingerprint density at radius 2 is 2.21 bits per heavy atom. The van der Waals surface area contributed by atoms with Crippen LogP contribution in [0.3, 0.4) is 0 Å². The Labute approximate surface area is 112 Å². The van der Waals surface area contributed by atoms with E-state index >= 15 is 0 Å². The summed E-state index contributed by atoms with van der Waals surface area (Å²) in [7, 11) is 0. The van der Waals surface area contributed by atoms with Crippen LogP contribution in [0.4, 0.5) is 5.69 Å². The van der Waals surface area contributed by atoms with Gasteiger partial charge in [-0.2, -0.15) is 5.10 Å². The third-order valence-electron chi connectivity index (χ3n) is 3.04. The van der Waals surface area contributed by atoms with Gasteiger partial charge >= 0.3 is 0 Å². The summed E-state index contributed by atoms with van der Waals surface area (Å²) in [6.45, 7) is 7.57. The van der Waals surface area contributed by atoms with Crippen molar-refractivity contribution < 1.29 is 4.79 Å². The SMILES string of the molecule is CCN(CC(C)C)C(=O)c1n[nH]c2ccc(N)cc12. The van der Waals surface area contributed by atoms with Gasteiger partial charge in [0, 0.05) is 24.2 Å². The minimum Gasteiger partial charge on any atom is -0.399 e. The third kappa shape index (κ3) is 2.70. The first-order chi connectivity index (χ1) is 9.02. The molecule has 1 aromatic heterocycles. The van der Waals surface area contributed by atoms with Gasteiger partial charge in [0.25, 0.3) is 5.91 Å². The maximum absolute atomic E-state index is 12.5. The highest BCUT2D eigenvalue weighted by Gasteiger charge is 2.20. The van der Waals surface area contributed by atoms with E-state index in [0.717, 1.165) is 17.4 Å². The molecule has 2 rings (SSSR count). The minimum absolute atomic E-state index is 0.0481. The molecule has 19 heavy (non-hydrogen) atoms. The number of amides is 1. The van der Waals surface area contributed by atoms with Crippen molar-refractivity contribution >= 4 is 22.5 Å². The second-order valence-corrected chi connectivity index (χ2v) is 5.11. The van der Waals surface area contributed by atoms with Crippen molar-refractivity contribution in [2.75, 3.05) is 18.8 Å². The lowest BCUT2D eigenvalue weighted by Crippen LogP contribution is -2.34. The Kier molecular flexibility index (Phi) is 3.74. The summed E-state index contributed by atoms with van der Waals surface area (Å²) in [5.41, 5.74) is 7.69. The lowest BCUT2D eigenvalue weighted by Gasteiger charge is -2.22. The van der Waals surface area contributed by atoms with E-state index in [-0.39, 0.29) is 5.91 Å². The van der Waals surface area contributed by atoms with E-state index in [0.29, 0.717) is 23.8 Å². The number of rotatable bonds is 4. The topological polar surface area (TPSA) is 75.0 Å². The minimum atomic E-state index is -0.0481. The molecule has 0 unspecified atom stereocenters. The molecule has 1 aromatic carbocycles. The number of H-pyrrole nitrogens is 1. The fourth-order valence-electron chi connectivity index (χ4n) is 2.14. The molecule has 0 aliphatic carbocycles. The highest BCUT2D eigenvalue weighted by molar-refractivity contribution is 6.05. The van der Waals surface area contributed by atoms with Crippen molar-refractivity contribution in [3.63, 3.8) is 0 Å². The molecular weight excluding hydrogens is 240 g/mol. The Bertz CT molecular complexity index is 588. The zero-order valence-electron chi connectivity index (χ0n) is 11.6. The average Bonchev–Trinajstić information content (AvgIpc) is 2.77. The van der Waals surface area contributed by atoms with Crippen LogP contribution >= 0.6 is 0 Å². The third-order valence-corrected chi connectivity index (χ3v) is 3.04. The maximum Gasteiger partial charge on any atom is 0.274 e. The predicted octanol–water partition coefficient (Wildman–Crippen LogP) is 2.26. The highest BCUT2D eigenvalue weighted by Crippen LogP contribution is 2.20. The number of aromatic nitrogens is 2. The first kappa shape index (κ1) is 13.4. The first-order valence-electron chi connectivity index (χ1n) is 6.55. The molecule has 5 nitrogen and oxygen atoms in total. The molecule has 1 amide bonds. The molecule has 0 aliphatic heterocycles. The van der Waals surface area contributed by atoms with E-state index in [2.05, 4.69) is 24.0 Å². The van der Waals surface area contributed by atoms with Crippen LogP contribution in [0, 0.1) is 5.92 Å². The van der Waals surface area contributed by atoms with Crippen LogP contribution in [0.25, 0.3) is 10.9 Å². The lowest BCUT2D eigenvalue weighted by atomic mass is 10.1. The summed E-state index contributed by atoms with van der Waals surface area (Å²) in [5.74, 6) is 0.382. The second kappa shape index (κ2) is 5.30. The number of carbonyl (C=O) groups excluding carboxylic acids is 1. The summed E-state index contributed by atoms with van der Waals surface area (Å²) in [4.78, 5) is 14.3. The predicted molar refractivity (Wildman–Crippen MR) is 76.9 cm³/mol. The van der Waals surface area contributed by atoms with E-state index in [4.69, 9.17) is 5.73 Å². The number of benzene rings is 1. The van der Waals surface area contributed by atoms with Gasteiger partial charge in [-0.15, -0.1) is 0 Å². The number of nitrogens with two attached hydrogens (primary N) is 1. The Balaban J connectivity index is 2.37. The average molecular weight is 260 g/mol. The van der Waals surface area contributed by atoms with E-state index in [1.54, 1.807) is 12.1 Å². The van der Waals surface area contributed by atoms with Crippen molar-refractivity contribution in [3.05, 3.63) is 23.9 Å². The monoisotopic (exact) mass is 260 g/mol. The molecule has 5 heteroatoms. The number of nitrogens with zero attached hydrogens (tertiary/aromatic N) is 2. The van der Waals surface area contributed by atoms with Gasteiger partial charge in [-0.3, -0.25) is 9.89 Å². The van der Waals surface area contributed by atoms with E-state index in [9.17, 15) is 4.79 Å².